The first-order chi connectivity index (χ1) is 13.0. The van der Waals surface area contributed by atoms with E-state index in [-0.39, 0.29) is 12.0 Å². The largest absolute Gasteiger partial charge is 0.376 e. The fraction of sp³-hybridized carbons (Fsp3) is 0.450. The summed E-state index contributed by atoms with van der Waals surface area (Å²) in [6, 6.07) is 5.98. The first-order valence-electron chi connectivity index (χ1n) is 9.27. The lowest BCUT2D eigenvalue weighted by Gasteiger charge is -2.25. The average molecular weight is 385 g/mol. The van der Waals surface area contributed by atoms with Crippen LogP contribution in [0, 0.1) is 13.8 Å². The number of nitrogens with zero attached hydrogens (tertiary/aromatic N) is 4. The molecule has 1 saturated heterocycles. The molecular weight excluding hydrogens is 360 g/mol. The van der Waals surface area contributed by atoms with Crippen molar-refractivity contribution in [2.45, 2.75) is 39.3 Å². The van der Waals surface area contributed by atoms with Gasteiger partial charge in [-0.2, -0.15) is 5.10 Å². The molecule has 4 heterocycles. The van der Waals surface area contributed by atoms with Gasteiger partial charge >= 0.3 is 0 Å². The number of amides is 1. The third-order valence-corrected chi connectivity index (χ3v) is 5.85. The van der Waals surface area contributed by atoms with Crippen molar-refractivity contribution in [1.29, 1.82) is 0 Å². The third kappa shape index (κ3) is 3.61. The fourth-order valence-electron chi connectivity index (χ4n) is 3.75. The minimum absolute atomic E-state index is 0.0190. The van der Waals surface area contributed by atoms with Crippen molar-refractivity contribution >= 4 is 28.3 Å². The van der Waals surface area contributed by atoms with Gasteiger partial charge in [0.1, 0.15) is 0 Å². The van der Waals surface area contributed by atoms with Crippen LogP contribution in [0.4, 0.5) is 0 Å². The van der Waals surface area contributed by atoms with Gasteiger partial charge in [-0.15, -0.1) is 11.3 Å². The van der Waals surface area contributed by atoms with Crippen LogP contribution in [0.3, 0.4) is 0 Å². The summed E-state index contributed by atoms with van der Waals surface area (Å²) in [5.74, 6) is 0.0190. The van der Waals surface area contributed by atoms with E-state index in [2.05, 4.69) is 16.1 Å². The van der Waals surface area contributed by atoms with Crippen LogP contribution in [0.1, 0.15) is 39.5 Å². The van der Waals surface area contributed by atoms with E-state index in [0.29, 0.717) is 18.7 Å². The second-order valence-corrected chi connectivity index (χ2v) is 8.15. The molecule has 1 atom stereocenters. The molecule has 1 aliphatic rings. The van der Waals surface area contributed by atoms with Crippen LogP contribution >= 0.6 is 11.3 Å². The van der Waals surface area contributed by atoms with Crippen LogP contribution in [0.5, 0.6) is 0 Å². The number of rotatable bonds is 5. The molecule has 6 nitrogen and oxygen atoms in total. The van der Waals surface area contributed by atoms with Gasteiger partial charge in [0.05, 0.1) is 29.3 Å². The Morgan fingerprint density at radius 2 is 2.30 bits per heavy atom. The first kappa shape index (κ1) is 18.1. The number of fused-ring (bicyclic) bond motifs is 1. The van der Waals surface area contributed by atoms with Crippen molar-refractivity contribution < 1.29 is 9.53 Å². The van der Waals surface area contributed by atoms with E-state index in [1.54, 1.807) is 16.0 Å². The van der Waals surface area contributed by atoms with Crippen LogP contribution in [0.25, 0.3) is 11.0 Å². The van der Waals surface area contributed by atoms with E-state index in [1.165, 1.54) is 4.88 Å². The molecule has 1 aliphatic heterocycles. The third-order valence-electron chi connectivity index (χ3n) is 4.99. The van der Waals surface area contributed by atoms with Crippen molar-refractivity contribution in [3.63, 3.8) is 0 Å². The molecule has 142 valence electrons. The SMILES string of the molecule is Cc1cc(C(=O)N(Cc2cccs2)CC2CCCO2)c2c(C)nn(C)c2n1. The van der Waals surface area contributed by atoms with E-state index in [9.17, 15) is 4.79 Å². The zero-order chi connectivity index (χ0) is 19.0. The van der Waals surface area contributed by atoms with E-state index >= 15 is 0 Å². The lowest BCUT2D eigenvalue weighted by molar-refractivity contribution is 0.0511. The summed E-state index contributed by atoms with van der Waals surface area (Å²) >= 11 is 1.67. The zero-order valence-electron chi connectivity index (χ0n) is 15.9. The highest BCUT2D eigenvalue weighted by Gasteiger charge is 2.26. The lowest BCUT2D eigenvalue weighted by Crippen LogP contribution is -2.37. The predicted octanol–water partition coefficient (Wildman–Crippen LogP) is 3.47. The highest BCUT2D eigenvalue weighted by atomic mass is 32.1. The molecule has 3 aromatic rings. The number of carbonyl (C=O) groups is 1. The molecule has 0 aliphatic carbocycles. The number of aryl methyl sites for hydroxylation is 3. The van der Waals surface area contributed by atoms with Crippen molar-refractivity contribution in [1.82, 2.24) is 19.7 Å². The monoisotopic (exact) mass is 384 g/mol. The van der Waals surface area contributed by atoms with Crippen LogP contribution in [0.15, 0.2) is 23.6 Å². The highest BCUT2D eigenvalue weighted by molar-refractivity contribution is 7.09. The molecule has 27 heavy (non-hydrogen) atoms. The Labute approximate surface area is 162 Å². The summed E-state index contributed by atoms with van der Waals surface area (Å²) in [6.45, 7) is 5.84. The van der Waals surface area contributed by atoms with E-state index in [0.717, 1.165) is 41.9 Å². The van der Waals surface area contributed by atoms with Crippen LogP contribution in [0.2, 0.25) is 0 Å². The normalized spacial score (nSPS) is 16.9. The van der Waals surface area contributed by atoms with Crippen molar-refractivity contribution in [3.8, 4) is 0 Å². The fourth-order valence-corrected chi connectivity index (χ4v) is 4.47. The summed E-state index contributed by atoms with van der Waals surface area (Å²) < 4.78 is 7.56. The van der Waals surface area contributed by atoms with Crippen molar-refractivity contribution in [3.05, 3.63) is 45.4 Å². The predicted molar refractivity (Wildman–Crippen MR) is 106 cm³/mol. The number of carbonyl (C=O) groups excluding carboxylic acids is 1. The number of hydrogen-bond donors (Lipinski definition) is 0. The maximum Gasteiger partial charge on any atom is 0.255 e. The van der Waals surface area contributed by atoms with Crippen LogP contribution in [-0.2, 0) is 18.3 Å². The van der Waals surface area contributed by atoms with Gasteiger partial charge in [-0.3, -0.25) is 9.48 Å². The van der Waals surface area contributed by atoms with Gasteiger partial charge in [-0.1, -0.05) is 6.07 Å². The number of thiophene rings is 1. The second kappa shape index (κ2) is 7.40. The summed E-state index contributed by atoms with van der Waals surface area (Å²) in [5.41, 5.74) is 3.08. The molecule has 7 heteroatoms. The Morgan fingerprint density at radius 3 is 3.00 bits per heavy atom. The molecule has 0 saturated carbocycles. The van der Waals surface area contributed by atoms with E-state index < -0.39 is 0 Å². The number of aromatic nitrogens is 3. The molecule has 1 unspecified atom stereocenters. The summed E-state index contributed by atoms with van der Waals surface area (Å²) in [5, 5.41) is 7.36. The van der Waals surface area contributed by atoms with Gasteiger partial charge in [0.2, 0.25) is 0 Å². The maximum absolute atomic E-state index is 13.6. The van der Waals surface area contributed by atoms with Crippen LogP contribution < -0.4 is 0 Å². The molecule has 4 rings (SSSR count). The van der Waals surface area contributed by atoms with Crippen molar-refractivity contribution in [2.24, 2.45) is 7.05 Å². The smallest absolute Gasteiger partial charge is 0.255 e. The van der Waals surface area contributed by atoms with Gasteiger partial charge in [0, 0.05) is 30.8 Å². The summed E-state index contributed by atoms with van der Waals surface area (Å²) in [6.07, 6.45) is 2.18. The number of ether oxygens (including phenoxy) is 1. The summed E-state index contributed by atoms with van der Waals surface area (Å²) in [4.78, 5) is 21.3. The molecule has 1 amide bonds. The lowest BCUT2D eigenvalue weighted by atomic mass is 10.1. The Kier molecular flexibility index (Phi) is 4.97. The Morgan fingerprint density at radius 1 is 1.44 bits per heavy atom. The van der Waals surface area contributed by atoms with Gasteiger partial charge in [0.25, 0.3) is 5.91 Å². The molecule has 0 radical (unpaired) electrons. The van der Waals surface area contributed by atoms with Crippen LogP contribution in [-0.4, -0.2) is 44.8 Å². The Bertz CT molecular complexity index is 958. The van der Waals surface area contributed by atoms with Gasteiger partial charge in [0.15, 0.2) is 5.65 Å². The molecule has 0 spiro atoms. The minimum Gasteiger partial charge on any atom is -0.376 e. The van der Waals surface area contributed by atoms with Gasteiger partial charge in [-0.05, 0) is 44.2 Å². The molecule has 0 aromatic carbocycles. The molecule has 0 N–H and O–H groups in total. The van der Waals surface area contributed by atoms with Gasteiger partial charge < -0.3 is 9.64 Å². The highest BCUT2D eigenvalue weighted by Crippen LogP contribution is 2.25. The first-order valence-corrected chi connectivity index (χ1v) is 10.1. The minimum atomic E-state index is 0.0190. The van der Waals surface area contributed by atoms with E-state index in [4.69, 9.17) is 4.74 Å². The summed E-state index contributed by atoms with van der Waals surface area (Å²) in [7, 11) is 1.87. The average Bonchev–Trinajstić information content (AvgIpc) is 3.37. The molecule has 1 fully saturated rings. The maximum atomic E-state index is 13.6. The molecular formula is C20H24N4O2S. The van der Waals surface area contributed by atoms with E-state index in [1.807, 2.05) is 43.3 Å². The van der Waals surface area contributed by atoms with Crippen molar-refractivity contribution in [2.75, 3.05) is 13.2 Å². The Balaban J connectivity index is 1.73. The molecule has 0 bridgehead atoms. The quantitative estimate of drug-likeness (QED) is 0.676. The van der Waals surface area contributed by atoms with Gasteiger partial charge in [-0.25, -0.2) is 4.98 Å². The standard InChI is InChI=1S/C20H24N4O2S/c1-13-10-17(18-14(2)22-23(3)19(18)21-13)20(25)24(11-15-6-4-8-26-15)12-16-7-5-9-27-16/h5,7,9-10,15H,4,6,8,11-12H2,1-3H3. The number of pyridine rings is 1. The topological polar surface area (TPSA) is 60.3 Å². The number of hydrogen-bond acceptors (Lipinski definition) is 5. The zero-order valence-corrected chi connectivity index (χ0v) is 16.8. The molecule has 3 aromatic heterocycles. The Hall–Kier alpha value is -2.25. The second-order valence-electron chi connectivity index (χ2n) is 7.12.